The molecule has 0 radical (unpaired) electrons. The molecule has 1 aromatic rings. The molecule has 0 unspecified atom stereocenters. The Morgan fingerprint density at radius 3 is 2.46 bits per heavy atom. The van der Waals surface area contributed by atoms with Crippen LogP contribution in [0.5, 0.6) is 11.5 Å². The lowest BCUT2D eigenvalue weighted by Crippen LogP contribution is -2.51. The fourth-order valence-electron chi connectivity index (χ4n) is 4.34. The number of rotatable bonds is 7. The van der Waals surface area contributed by atoms with Crippen molar-refractivity contribution < 1.29 is 14.3 Å². The summed E-state index contributed by atoms with van der Waals surface area (Å²) >= 11 is 0. The molecule has 6 nitrogen and oxygen atoms in total. The Hall–Kier alpha value is -1.79. The zero-order valence-corrected chi connectivity index (χ0v) is 17.6. The summed E-state index contributed by atoms with van der Waals surface area (Å²) in [4.78, 5) is 17.1. The maximum atomic E-state index is 12.5. The van der Waals surface area contributed by atoms with Gasteiger partial charge in [0.05, 0.1) is 20.8 Å². The van der Waals surface area contributed by atoms with E-state index in [-0.39, 0.29) is 5.91 Å². The molecule has 1 heterocycles. The molecular formula is C22H35N3O3. The number of piperazine rings is 1. The second kappa shape index (κ2) is 10.1. The van der Waals surface area contributed by atoms with Gasteiger partial charge < -0.3 is 14.8 Å². The Morgan fingerprint density at radius 2 is 1.79 bits per heavy atom. The molecule has 1 aliphatic heterocycles. The Bertz CT molecular complexity index is 644. The van der Waals surface area contributed by atoms with Crippen LogP contribution >= 0.6 is 0 Å². The molecule has 1 N–H and O–H groups in total. The van der Waals surface area contributed by atoms with E-state index in [1.54, 1.807) is 14.2 Å². The molecule has 1 aliphatic carbocycles. The average molecular weight is 390 g/mol. The van der Waals surface area contributed by atoms with Gasteiger partial charge in [-0.2, -0.15) is 0 Å². The summed E-state index contributed by atoms with van der Waals surface area (Å²) in [5.74, 6) is 2.53. The fraction of sp³-hybridized carbons (Fsp3) is 0.682. The number of ether oxygens (including phenoxy) is 2. The second-order valence-electron chi connectivity index (χ2n) is 8.17. The Morgan fingerprint density at radius 1 is 1.07 bits per heavy atom. The number of nitrogens with one attached hydrogen (secondary N) is 1. The molecule has 1 saturated heterocycles. The third kappa shape index (κ3) is 5.61. The van der Waals surface area contributed by atoms with Crippen LogP contribution in [0.25, 0.3) is 0 Å². The lowest BCUT2D eigenvalue weighted by Gasteiger charge is -2.35. The molecule has 3 rings (SSSR count). The first-order valence-electron chi connectivity index (χ1n) is 10.5. The zero-order valence-electron chi connectivity index (χ0n) is 17.6. The normalized spacial score (nSPS) is 24.0. The van der Waals surface area contributed by atoms with Crippen molar-refractivity contribution in [2.24, 2.45) is 5.92 Å². The minimum atomic E-state index is 0.182. The van der Waals surface area contributed by atoms with E-state index in [0.29, 0.717) is 18.5 Å². The van der Waals surface area contributed by atoms with Gasteiger partial charge in [-0.15, -0.1) is 0 Å². The van der Waals surface area contributed by atoms with Crippen molar-refractivity contribution in [3.8, 4) is 11.5 Å². The van der Waals surface area contributed by atoms with E-state index in [1.807, 2.05) is 18.2 Å². The lowest BCUT2D eigenvalue weighted by molar-refractivity contribution is -0.124. The van der Waals surface area contributed by atoms with Crippen LogP contribution < -0.4 is 14.8 Å². The van der Waals surface area contributed by atoms with Gasteiger partial charge in [0.1, 0.15) is 11.5 Å². The van der Waals surface area contributed by atoms with Gasteiger partial charge in [-0.05, 0) is 37.0 Å². The molecule has 0 spiro atoms. The average Bonchev–Trinajstić information content (AvgIpc) is 2.71. The van der Waals surface area contributed by atoms with Gasteiger partial charge in [-0.25, -0.2) is 0 Å². The van der Waals surface area contributed by atoms with E-state index < -0.39 is 0 Å². The van der Waals surface area contributed by atoms with Crippen LogP contribution in [-0.4, -0.2) is 68.7 Å². The SMILES string of the molecule is COc1ccc(OC)c(CN2CCN(CC(=O)N[C@H]3CCCC[C@H]3C)CC2)c1. The maximum Gasteiger partial charge on any atom is 0.234 e. The van der Waals surface area contributed by atoms with Crippen molar-refractivity contribution in [3.63, 3.8) is 0 Å². The third-order valence-corrected chi connectivity index (χ3v) is 6.17. The van der Waals surface area contributed by atoms with Gasteiger partial charge in [-0.3, -0.25) is 14.6 Å². The molecule has 0 bridgehead atoms. The predicted octanol–water partition coefficient (Wildman–Crippen LogP) is 2.52. The highest BCUT2D eigenvalue weighted by molar-refractivity contribution is 5.78. The third-order valence-electron chi connectivity index (χ3n) is 6.17. The Labute approximate surface area is 169 Å². The van der Waals surface area contributed by atoms with Crippen LogP contribution in [0.2, 0.25) is 0 Å². The molecule has 2 atom stereocenters. The quantitative estimate of drug-likeness (QED) is 0.777. The van der Waals surface area contributed by atoms with Gasteiger partial charge >= 0.3 is 0 Å². The molecule has 0 aromatic heterocycles. The van der Waals surface area contributed by atoms with Gasteiger partial charge in [-0.1, -0.05) is 19.8 Å². The topological polar surface area (TPSA) is 54.0 Å². The van der Waals surface area contributed by atoms with Crippen LogP contribution in [0.3, 0.4) is 0 Å². The number of amides is 1. The number of carbonyl (C=O) groups excluding carboxylic acids is 1. The molecule has 1 aromatic carbocycles. The summed E-state index contributed by atoms with van der Waals surface area (Å²) in [6.07, 6.45) is 4.90. The molecule has 156 valence electrons. The number of hydrogen-bond acceptors (Lipinski definition) is 5. The lowest BCUT2D eigenvalue weighted by atomic mass is 9.86. The fourth-order valence-corrected chi connectivity index (χ4v) is 4.34. The first kappa shape index (κ1) is 20.9. The highest BCUT2D eigenvalue weighted by Gasteiger charge is 2.25. The minimum absolute atomic E-state index is 0.182. The van der Waals surface area contributed by atoms with Gasteiger partial charge in [0.15, 0.2) is 0 Å². The molecule has 2 fully saturated rings. The monoisotopic (exact) mass is 389 g/mol. The smallest absolute Gasteiger partial charge is 0.234 e. The number of hydrogen-bond donors (Lipinski definition) is 1. The highest BCUT2D eigenvalue weighted by atomic mass is 16.5. The van der Waals surface area contributed by atoms with Crippen molar-refractivity contribution >= 4 is 5.91 Å². The van der Waals surface area contributed by atoms with E-state index in [9.17, 15) is 4.79 Å². The molecule has 1 amide bonds. The first-order valence-corrected chi connectivity index (χ1v) is 10.5. The summed E-state index contributed by atoms with van der Waals surface area (Å²) in [5, 5.41) is 3.27. The van der Waals surface area contributed by atoms with Crippen molar-refractivity contribution in [1.82, 2.24) is 15.1 Å². The summed E-state index contributed by atoms with van der Waals surface area (Å²) in [7, 11) is 3.39. The number of nitrogens with zero attached hydrogens (tertiary/aromatic N) is 2. The first-order chi connectivity index (χ1) is 13.6. The van der Waals surface area contributed by atoms with Crippen molar-refractivity contribution in [2.75, 3.05) is 46.9 Å². The van der Waals surface area contributed by atoms with E-state index in [4.69, 9.17) is 9.47 Å². The van der Waals surface area contributed by atoms with Crippen LogP contribution in [-0.2, 0) is 11.3 Å². The molecule has 1 saturated carbocycles. The van der Waals surface area contributed by atoms with E-state index >= 15 is 0 Å². The molecular weight excluding hydrogens is 354 g/mol. The summed E-state index contributed by atoms with van der Waals surface area (Å²) in [6.45, 7) is 7.34. The molecule has 2 aliphatic rings. The van der Waals surface area contributed by atoms with Crippen LogP contribution in [0.15, 0.2) is 18.2 Å². The second-order valence-corrected chi connectivity index (χ2v) is 8.17. The minimum Gasteiger partial charge on any atom is -0.497 e. The summed E-state index contributed by atoms with van der Waals surface area (Å²) < 4.78 is 10.8. The number of methoxy groups -OCH3 is 2. The molecule has 6 heteroatoms. The maximum absolute atomic E-state index is 12.5. The van der Waals surface area contributed by atoms with Crippen LogP contribution in [0, 0.1) is 5.92 Å². The largest absolute Gasteiger partial charge is 0.497 e. The van der Waals surface area contributed by atoms with E-state index in [1.165, 1.54) is 19.3 Å². The van der Waals surface area contributed by atoms with Gasteiger partial charge in [0.25, 0.3) is 0 Å². The van der Waals surface area contributed by atoms with Gasteiger partial charge in [0.2, 0.25) is 5.91 Å². The van der Waals surface area contributed by atoms with E-state index in [2.05, 4.69) is 22.0 Å². The van der Waals surface area contributed by atoms with Crippen molar-refractivity contribution in [3.05, 3.63) is 23.8 Å². The highest BCUT2D eigenvalue weighted by Crippen LogP contribution is 2.26. The van der Waals surface area contributed by atoms with Gasteiger partial charge in [0, 0.05) is 44.3 Å². The Balaban J connectivity index is 1.45. The number of carbonyl (C=O) groups is 1. The number of benzene rings is 1. The van der Waals surface area contributed by atoms with Crippen molar-refractivity contribution in [2.45, 2.75) is 45.2 Å². The summed E-state index contributed by atoms with van der Waals surface area (Å²) in [5.41, 5.74) is 1.14. The zero-order chi connectivity index (χ0) is 19.9. The van der Waals surface area contributed by atoms with Crippen LogP contribution in [0.1, 0.15) is 38.2 Å². The van der Waals surface area contributed by atoms with Crippen molar-refractivity contribution in [1.29, 1.82) is 0 Å². The predicted molar refractivity (Wildman–Crippen MR) is 111 cm³/mol. The molecule has 28 heavy (non-hydrogen) atoms. The standard InChI is InChI=1S/C22H35N3O3/c1-17-6-4-5-7-20(17)23-22(26)16-25-12-10-24(11-13-25)15-18-14-19(27-2)8-9-21(18)28-3/h8-9,14,17,20H,4-7,10-13,15-16H2,1-3H3,(H,23,26)/t17-,20+/m1/s1. The summed E-state index contributed by atoms with van der Waals surface area (Å²) in [6, 6.07) is 6.29. The Kier molecular flexibility index (Phi) is 7.57. The van der Waals surface area contributed by atoms with Crippen LogP contribution in [0.4, 0.5) is 0 Å². The van der Waals surface area contributed by atoms with E-state index in [0.717, 1.165) is 56.2 Å².